The van der Waals surface area contributed by atoms with Crippen molar-refractivity contribution in [2.24, 2.45) is 10.2 Å². The summed E-state index contributed by atoms with van der Waals surface area (Å²) in [6.45, 7) is 3.48. The zero-order valence-electron chi connectivity index (χ0n) is 15.3. The molecule has 3 aromatic rings. The Bertz CT molecular complexity index is 1230. The monoisotopic (exact) mass is 432 g/mol. The maximum Gasteiger partial charge on any atom is 0.303 e. The molecule has 0 bridgehead atoms. The van der Waals surface area contributed by atoms with E-state index in [1.54, 1.807) is 19.9 Å². The normalized spacial score (nSPS) is 11.7. The van der Waals surface area contributed by atoms with Crippen LogP contribution < -0.4 is 21.7 Å². The molecule has 0 aliphatic carbocycles. The van der Waals surface area contributed by atoms with Gasteiger partial charge in [0.15, 0.2) is 10.8 Å². The third-order valence-corrected chi connectivity index (χ3v) is 5.54. The highest BCUT2D eigenvalue weighted by Gasteiger charge is 2.16. The van der Waals surface area contributed by atoms with Gasteiger partial charge >= 0.3 is 5.56 Å². The van der Waals surface area contributed by atoms with Gasteiger partial charge in [0.05, 0.1) is 10.6 Å². The minimum atomic E-state index is -3.89. The van der Waals surface area contributed by atoms with Gasteiger partial charge in [0, 0.05) is 11.4 Å². The average molecular weight is 432 g/mol. The molecule has 0 atom stereocenters. The minimum absolute atomic E-state index is 0.0122. The highest BCUT2D eigenvalue weighted by atomic mass is 32.2. The molecule has 29 heavy (non-hydrogen) atoms. The Morgan fingerprint density at radius 3 is 2.21 bits per heavy atom. The van der Waals surface area contributed by atoms with Crippen molar-refractivity contribution in [2.75, 3.05) is 16.2 Å². The summed E-state index contributed by atoms with van der Waals surface area (Å²) in [5.74, 6) is -0.0122. The van der Waals surface area contributed by atoms with Crippen molar-refractivity contribution in [2.45, 2.75) is 18.7 Å². The summed E-state index contributed by atoms with van der Waals surface area (Å²) < 4.78 is 27.4. The van der Waals surface area contributed by atoms with Crippen LogP contribution in [0.3, 0.4) is 0 Å². The second kappa shape index (κ2) is 7.89. The van der Waals surface area contributed by atoms with E-state index in [9.17, 15) is 13.2 Å². The summed E-state index contributed by atoms with van der Waals surface area (Å²) in [5, 5.41) is 7.79. The first-order chi connectivity index (χ1) is 13.6. The van der Waals surface area contributed by atoms with Gasteiger partial charge in [-0.15, -0.1) is 5.11 Å². The highest BCUT2D eigenvalue weighted by molar-refractivity contribution is 7.92. The number of aromatic nitrogens is 3. The predicted molar refractivity (Wildman–Crippen MR) is 110 cm³/mol. The predicted octanol–water partition coefficient (Wildman–Crippen LogP) is 2.29. The van der Waals surface area contributed by atoms with E-state index in [1.807, 2.05) is 0 Å². The first-order valence-corrected chi connectivity index (χ1v) is 10.4. The van der Waals surface area contributed by atoms with Crippen molar-refractivity contribution < 1.29 is 8.42 Å². The molecule has 1 aromatic carbocycles. The highest BCUT2D eigenvalue weighted by Crippen LogP contribution is 2.26. The fourth-order valence-corrected chi connectivity index (χ4v) is 3.81. The van der Waals surface area contributed by atoms with Gasteiger partial charge in [-0.1, -0.05) is 11.3 Å². The van der Waals surface area contributed by atoms with Gasteiger partial charge in [0.25, 0.3) is 10.0 Å². The number of sulfonamides is 1. The number of aryl methyl sites for hydroxylation is 2. The number of nitrogen functional groups attached to an aromatic ring is 2. The molecule has 11 nitrogen and oxygen atoms in total. The van der Waals surface area contributed by atoms with Crippen molar-refractivity contribution in [1.82, 2.24) is 15.0 Å². The van der Waals surface area contributed by atoms with Crippen molar-refractivity contribution in [3.05, 3.63) is 52.1 Å². The minimum Gasteiger partial charge on any atom is -0.388 e. The van der Waals surface area contributed by atoms with Crippen LogP contribution in [-0.4, -0.2) is 23.4 Å². The number of hydrogen-bond acceptors (Lipinski definition) is 11. The molecular weight excluding hydrogens is 416 g/mol. The van der Waals surface area contributed by atoms with Crippen LogP contribution in [0.25, 0.3) is 0 Å². The van der Waals surface area contributed by atoms with Crippen LogP contribution in [-0.2, 0) is 10.0 Å². The SMILES string of the molecule is Cc1cc(C)nc(NS(=O)(=O)c2ccc(N=Nc3c(N)sc(N)nc3=O)cc2)n1. The lowest BCUT2D eigenvalue weighted by molar-refractivity contribution is 0.601. The molecule has 0 saturated heterocycles. The van der Waals surface area contributed by atoms with E-state index in [0.717, 1.165) is 11.3 Å². The molecule has 0 radical (unpaired) electrons. The molecule has 2 aromatic heterocycles. The molecule has 0 spiro atoms. The summed E-state index contributed by atoms with van der Waals surface area (Å²) in [6.07, 6.45) is 0. The Kier molecular flexibility index (Phi) is 5.52. The van der Waals surface area contributed by atoms with Crippen LogP contribution >= 0.6 is 11.3 Å². The van der Waals surface area contributed by atoms with E-state index in [4.69, 9.17) is 11.5 Å². The maximum atomic E-state index is 12.5. The summed E-state index contributed by atoms with van der Waals surface area (Å²) in [7, 11) is -3.89. The molecule has 0 saturated carbocycles. The maximum absolute atomic E-state index is 12.5. The zero-order chi connectivity index (χ0) is 21.2. The van der Waals surface area contributed by atoms with Gasteiger partial charge in [-0.3, -0.25) is 4.79 Å². The third-order valence-electron chi connectivity index (χ3n) is 3.48. The molecule has 5 N–H and O–H groups in total. The molecule has 13 heteroatoms. The Labute approximate surface area is 169 Å². The summed E-state index contributed by atoms with van der Waals surface area (Å²) >= 11 is 0.908. The quantitative estimate of drug-likeness (QED) is 0.514. The Morgan fingerprint density at radius 1 is 1.00 bits per heavy atom. The molecule has 3 rings (SSSR count). The number of rotatable bonds is 5. The number of nitrogens with zero attached hydrogens (tertiary/aromatic N) is 5. The molecule has 0 unspecified atom stereocenters. The lowest BCUT2D eigenvalue weighted by Crippen LogP contribution is -2.15. The summed E-state index contributed by atoms with van der Waals surface area (Å²) in [6, 6.07) is 7.26. The van der Waals surface area contributed by atoms with Crippen LogP contribution in [0.5, 0.6) is 0 Å². The van der Waals surface area contributed by atoms with Gasteiger partial charge < -0.3 is 11.5 Å². The van der Waals surface area contributed by atoms with E-state index >= 15 is 0 Å². The van der Waals surface area contributed by atoms with Crippen LogP contribution in [0.1, 0.15) is 11.4 Å². The van der Waals surface area contributed by atoms with E-state index < -0.39 is 15.6 Å². The molecule has 0 fully saturated rings. The standard InChI is InChI=1S/C16H16N8O3S2/c1-8-7-9(2)20-16(19-8)24-29(26,27)11-5-3-10(4-6-11)22-23-12-13(17)28-15(18)21-14(12)25/h3-7H,17H2,1-2H3,(H2,18,21,25)(H,19,20,24). The van der Waals surface area contributed by atoms with Crippen LogP contribution in [0.4, 0.5) is 27.5 Å². The second-order valence-electron chi connectivity index (χ2n) is 5.84. The molecule has 0 aliphatic heterocycles. The van der Waals surface area contributed by atoms with Gasteiger partial charge in [-0.05, 0) is 44.2 Å². The van der Waals surface area contributed by atoms with Crippen LogP contribution in [0.15, 0.2) is 50.3 Å². The van der Waals surface area contributed by atoms with E-state index in [2.05, 4.69) is 29.9 Å². The smallest absolute Gasteiger partial charge is 0.303 e. The van der Waals surface area contributed by atoms with Crippen LogP contribution in [0, 0.1) is 13.8 Å². The molecule has 0 aliphatic rings. The van der Waals surface area contributed by atoms with E-state index in [-0.39, 0.29) is 26.7 Å². The van der Waals surface area contributed by atoms with Gasteiger partial charge in [0.2, 0.25) is 5.95 Å². The van der Waals surface area contributed by atoms with E-state index in [1.165, 1.54) is 24.3 Å². The molecular formula is C16H16N8O3S2. The summed E-state index contributed by atoms with van der Waals surface area (Å²) in [5.41, 5.74) is 11.9. The largest absolute Gasteiger partial charge is 0.388 e. The van der Waals surface area contributed by atoms with E-state index in [0.29, 0.717) is 17.1 Å². The number of nitrogens with two attached hydrogens (primary N) is 2. The Hall–Kier alpha value is -3.45. The molecule has 0 amide bonds. The number of hydrogen-bond donors (Lipinski definition) is 3. The average Bonchev–Trinajstić information content (AvgIpc) is 2.60. The topological polar surface area (TPSA) is 179 Å². The van der Waals surface area contributed by atoms with Crippen molar-refractivity contribution >= 4 is 48.8 Å². The lowest BCUT2D eigenvalue weighted by atomic mass is 10.3. The summed E-state index contributed by atoms with van der Waals surface area (Å²) in [4.78, 5) is 23.4. The van der Waals surface area contributed by atoms with Crippen LogP contribution in [0.2, 0.25) is 0 Å². The second-order valence-corrected chi connectivity index (χ2v) is 8.59. The van der Waals surface area contributed by atoms with Gasteiger partial charge in [-0.25, -0.2) is 23.1 Å². The van der Waals surface area contributed by atoms with Crippen molar-refractivity contribution in [3.8, 4) is 0 Å². The fourth-order valence-electron chi connectivity index (χ4n) is 2.28. The Balaban J connectivity index is 1.81. The zero-order valence-corrected chi connectivity index (χ0v) is 17.0. The number of nitrogens with one attached hydrogen (secondary N) is 1. The number of anilines is 3. The Morgan fingerprint density at radius 2 is 1.62 bits per heavy atom. The molecule has 2 heterocycles. The first kappa shape index (κ1) is 20.3. The van der Waals surface area contributed by atoms with Crippen molar-refractivity contribution in [3.63, 3.8) is 0 Å². The number of benzene rings is 1. The van der Waals surface area contributed by atoms with Gasteiger partial charge in [0.1, 0.15) is 5.00 Å². The van der Waals surface area contributed by atoms with Crippen molar-refractivity contribution in [1.29, 1.82) is 0 Å². The van der Waals surface area contributed by atoms with Gasteiger partial charge in [-0.2, -0.15) is 10.1 Å². The molecule has 150 valence electrons. The number of azo groups is 1. The lowest BCUT2D eigenvalue weighted by Gasteiger charge is -2.08. The first-order valence-electron chi connectivity index (χ1n) is 8.07. The fraction of sp³-hybridized carbons (Fsp3) is 0.125. The third kappa shape index (κ3) is 4.89.